The van der Waals surface area contributed by atoms with Crippen molar-refractivity contribution in [2.45, 2.75) is 13.8 Å². The van der Waals surface area contributed by atoms with E-state index in [0.717, 1.165) is 15.5 Å². The molecule has 120 valence electrons. The van der Waals surface area contributed by atoms with Crippen LogP contribution >= 0.6 is 11.3 Å². The monoisotopic (exact) mass is 332 g/mol. The summed E-state index contributed by atoms with van der Waals surface area (Å²) < 4.78 is 12.1. The fourth-order valence-electron chi connectivity index (χ4n) is 2.11. The molecule has 3 rings (SSSR count). The number of anilines is 1. The molecule has 0 saturated heterocycles. The second-order valence-corrected chi connectivity index (χ2v) is 6.11. The van der Waals surface area contributed by atoms with E-state index in [9.17, 15) is 4.79 Å². The van der Waals surface area contributed by atoms with E-state index in [1.54, 1.807) is 22.7 Å². The minimum atomic E-state index is -0.324. The Hall–Kier alpha value is -2.61. The van der Waals surface area contributed by atoms with Crippen molar-refractivity contribution in [3.05, 3.63) is 34.3 Å². The number of methoxy groups -OCH3 is 2. The zero-order valence-electron chi connectivity index (χ0n) is 13.2. The highest BCUT2D eigenvalue weighted by Gasteiger charge is 2.15. The van der Waals surface area contributed by atoms with Crippen LogP contribution < -0.4 is 14.8 Å². The van der Waals surface area contributed by atoms with Crippen LogP contribution in [0.25, 0.3) is 4.96 Å². The van der Waals surface area contributed by atoms with Crippen LogP contribution in [0.15, 0.2) is 18.2 Å². The van der Waals surface area contributed by atoms with Crippen LogP contribution in [0.5, 0.6) is 11.5 Å². The lowest BCUT2D eigenvalue weighted by atomic mass is 10.2. The number of rotatable bonds is 4. The quantitative estimate of drug-likeness (QED) is 0.795. The molecule has 2 heterocycles. The summed E-state index contributed by atoms with van der Waals surface area (Å²) in [6.45, 7) is 3.98. The van der Waals surface area contributed by atoms with Gasteiger partial charge in [0.2, 0.25) is 4.96 Å². The summed E-state index contributed by atoms with van der Waals surface area (Å²) in [5.41, 5.74) is 1.42. The van der Waals surface area contributed by atoms with Crippen LogP contribution in [0, 0.1) is 13.8 Å². The molecular formula is C15H16N4O3S. The Morgan fingerprint density at radius 3 is 2.39 bits per heavy atom. The molecule has 7 nitrogen and oxygen atoms in total. The molecule has 23 heavy (non-hydrogen) atoms. The predicted octanol–water partition coefficient (Wildman–Crippen LogP) is 2.68. The molecule has 0 atom stereocenters. The van der Waals surface area contributed by atoms with Crippen LogP contribution in [-0.4, -0.2) is 34.7 Å². The Bertz CT molecular complexity index is 862. The van der Waals surface area contributed by atoms with Gasteiger partial charge in [-0.05, 0) is 26.0 Å². The second kappa shape index (κ2) is 5.88. The van der Waals surface area contributed by atoms with Gasteiger partial charge in [0.1, 0.15) is 11.5 Å². The van der Waals surface area contributed by atoms with E-state index in [1.807, 2.05) is 13.8 Å². The smallest absolute Gasteiger partial charge is 0.258 e. The zero-order chi connectivity index (χ0) is 16.6. The molecule has 0 aliphatic heterocycles. The van der Waals surface area contributed by atoms with Gasteiger partial charge in [-0.3, -0.25) is 10.1 Å². The fourth-order valence-corrected chi connectivity index (χ4v) is 3.01. The molecule has 1 amide bonds. The number of hydrogen-bond acceptors (Lipinski definition) is 6. The number of ether oxygens (including phenoxy) is 2. The topological polar surface area (TPSA) is 77.8 Å². The van der Waals surface area contributed by atoms with Crippen molar-refractivity contribution in [1.82, 2.24) is 14.6 Å². The van der Waals surface area contributed by atoms with Crippen molar-refractivity contribution >= 4 is 28.2 Å². The molecule has 2 aromatic heterocycles. The fraction of sp³-hybridized carbons (Fsp3) is 0.267. The summed E-state index contributed by atoms with van der Waals surface area (Å²) in [7, 11) is 3.07. The number of hydrogen-bond donors (Lipinski definition) is 1. The van der Waals surface area contributed by atoms with Gasteiger partial charge in [0.05, 0.1) is 19.9 Å². The lowest BCUT2D eigenvalue weighted by Crippen LogP contribution is -2.13. The number of aryl methyl sites for hydroxylation is 2. The van der Waals surface area contributed by atoms with Gasteiger partial charge in [-0.2, -0.15) is 4.98 Å². The molecule has 1 aromatic carbocycles. The molecule has 1 N–H and O–H groups in total. The Morgan fingerprint density at radius 2 is 1.83 bits per heavy atom. The summed E-state index contributed by atoms with van der Waals surface area (Å²) in [5.74, 6) is 1.03. The number of carbonyl (C=O) groups excluding carboxylic acids is 1. The Balaban J connectivity index is 1.88. The largest absolute Gasteiger partial charge is 0.497 e. The number of carbonyl (C=O) groups is 1. The molecule has 3 aromatic rings. The average molecular weight is 332 g/mol. The number of benzene rings is 1. The predicted molar refractivity (Wildman–Crippen MR) is 87.8 cm³/mol. The van der Waals surface area contributed by atoms with Gasteiger partial charge >= 0.3 is 0 Å². The van der Waals surface area contributed by atoms with Crippen LogP contribution in [0.3, 0.4) is 0 Å². The number of nitrogens with zero attached hydrogens (tertiary/aromatic N) is 3. The average Bonchev–Trinajstić information content (AvgIpc) is 3.05. The summed E-state index contributed by atoms with van der Waals surface area (Å²) in [6.07, 6.45) is 0. The third kappa shape index (κ3) is 2.85. The molecule has 0 saturated carbocycles. The van der Waals surface area contributed by atoms with E-state index in [1.165, 1.54) is 25.6 Å². The van der Waals surface area contributed by atoms with E-state index in [2.05, 4.69) is 15.4 Å². The first-order valence-electron chi connectivity index (χ1n) is 6.89. The van der Waals surface area contributed by atoms with E-state index in [4.69, 9.17) is 9.47 Å². The zero-order valence-corrected chi connectivity index (χ0v) is 14.0. The van der Waals surface area contributed by atoms with Crippen LogP contribution in [0.2, 0.25) is 0 Å². The number of aromatic nitrogens is 3. The van der Waals surface area contributed by atoms with Gasteiger partial charge in [-0.1, -0.05) is 11.3 Å². The molecule has 8 heteroatoms. The molecule has 0 fully saturated rings. The maximum Gasteiger partial charge on any atom is 0.258 e. The standard InChI is InChI=1S/C15H16N4O3S/c1-8-9(2)23-15-17-14(18-19(8)15)16-13(20)10-5-11(21-3)7-12(6-10)22-4/h5-7H,1-4H3,(H,16,18,20). The van der Waals surface area contributed by atoms with E-state index in [-0.39, 0.29) is 11.9 Å². The molecule has 0 aliphatic carbocycles. The summed E-state index contributed by atoms with van der Waals surface area (Å²) in [5, 5.41) is 7.00. The minimum Gasteiger partial charge on any atom is -0.497 e. The first-order chi connectivity index (χ1) is 11.0. The maximum atomic E-state index is 12.4. The number of amides is 1. The number of nitrogens with one attached hydrogen (secondary N) is 1. The molecule has 0 spiro atoms. The third-order valence-corrected chi connectivity index (χ3v) is 4.54. The van der Waals surface area contributed by atoms with E-state index >= 15 is 0 Å². The van der Waals surface area contributed by atoms with E-state index in [0.29, 0.717) is 17.1 Å². The molecule has 0 radical (unpaired) electrons. The van der Waals surface area contributed by atoms with Crippen molar-refractivity contribution in [3.63, 3.8) is 0 Å². The summed E-state index contributed by atoms with van der Waals surface area (Å²) in [6, 6.07) is 4.96. The van der Waals surface area contributed by atoms with E-state index < -0.39 is 0 Å². The van der Waals surface area contributed by atoms with Gasteiger partial charge in [0, 0.05) is 16.5 Å². The number of fused-ring (bicyclic) bond motifs is 1. The lowest BCUT2D eigenvalue weighted by Gasteiger charge is -2.07. The van der Waals surface area contributed by atoms with Crippen LogP contribution in [-0.2, 0) is 0 Å². The maximum absolute atomic E-state index is 12.4. The second-order valence-electron chi connectivity index (χ2n) is 4.93. The van der Waals surface area contributed by atoms with Crippen molar-refractivity contribution in [2.75, 3.05) is 19.5 Å². The molecule has 0 unspecified atom stereocenters. The van der Waals surface area contributed by atoms with Crippen molar-refractivity contribution in [2.24, 2.45) is 0 Å². The molecule has 0 aliphatic rings. The molecular weight excluding hydrogens is 316 g/mol. The van der Waals surface area contributed by atoms with Gasteiger partial charge in [0.25, 0.3) is 11.9 Å². The van der Waals surface area contributed by atoms with Gasteiger partial charge in [-0.15, -0.1) is 5.10 Å². The molecule has 0 bridgehead atoms. The van der Waals surface area contributed by atoms with Crippen molar-refractivity contribution < 1.29 is 14.3 Å². The number of thiazole rings is 1. The highest BCUT2D eigenvalue weighted by Crippen LogP contribution is 2.24. The third-order valence-electron chi connectivity index (χ3n) is 3.49. The van der Waals surface area contributed by atoms with Crippen LogP contribution in [0.1, 0.15) is 20.9 Å². The SMILES string of the molecule is COc1cc(OC)cc(C(=O)Nc2nc3sc(C)c(C)n3n2)c1. The first kappa shape index (κ1) is 15.3. The highest BCUT2D eigenvalue weighted by molar-refractivity contribution is 7.17. The highest BCUT2D eigenvalue weighted by atomic mass is 32.1. The van der Waals surface area contributed by atoms with Gasteiger partial charge in [0.15, 0.2) is 0 Å². The Morgan fingerprint density at radius 1 is 1.17 bits per heavy atom. The first-order valence-corrected chi connectivity index (χ1v) is 7.70. The Kier molecular flexibility index (Phi) is 3.91. The normalized spacial score (nSPS) is 10.8. The minimum absolute atomic E-state index is 0.270. The van der Waals surface area contributed by atoms with Gasteiger partial charge < -0.3 is 9.47 Å². The summed E-state index contributed by atoms with van der Waals surface area (Å²) in [4.78, 5) is 18.6. The van der Waals surface area contributed by atoms with Crippen molar-refractivity contribution in [3.8, 4) is 11.5 Å². The van der Waals surface area contributed by atoms with Crippen LogP contribution in [0.4, 0.5) is 5.95 Å². The lowest BCUT2D eigenvalue weighted by molar-refractivity contribution is 0.102. The summed E-state index contributed by atoms with van der Waals surface area (Å²) >= 11 is 1.53. The van der Waals surface area contributed by atoms with Gasteiger partial charge in [-0.25, -0.2) is 4.52 Å². The Labute approximate surface area is 136 Å². The van der Waals surface area contributed by atoms with Crippen molar-refractivity contribution in [1.29, 1.82) is 0 Å².